The van der Waals surface area contributed by atoms with Gasteiger partial charge in [0, 0.05) is 29.6 Å². The Morgan fingerprint density at radius 2 is 1.86 bits per heavy atom. The fraction of sp³-hybridized carbons (Fsp3) is 0.227. The van der Waals surface area contributed by atoms with Crippen molar-refractivity contribution in [1.29, 1.82) is 0 Å². The van der Waals surface area contributed by atoms with E-state index in [0.29, 0.717) is 19.5 Å². The summed E-state index contributed by atoms with van der Waals surface area (Å²) in [5.74, 6) is -1.12. The van der Waals surface area contributed by atoms with Crippen molar-refractivity contribution in [3.63, 3.8) is 0 Å². The summed E-state index contributed by atoms with van der Waals surface area (Å²) >= 11 is 0. The molecule has 1 aromatic heterocycles. The molecule has 146 valence electrons. The normalized spacial score (nSPS) is 18.3. The molecule has 29 heavy (non-hydrogen) atoms. The highest BCUT2D eigenvalue weighted by molar-refractivity contribution is 5.97. The van der Waals surface area contributed by atoms with E-state index in [1.54, 1.807) is 17.0 Å². The van der Waals surface area contributed by atoms with Gasteiger partial charge in [0.1, 0.15) is 6.04 Å². The molecule has 1 fully saturated rings. The first kappa shape index (κ1) is 17.5. The summed E-state index contributed by atoms with van der Waals surface area (Å²) < 4.78 is 2.18. The van der Waals surface area contributed by atoms with Crippen LogP contribution in [0.1, 0.15) is 27.2 Å². The highest BCUT2D eigenvalue weighted by Gasteiger charge is 2.40. The quantitative estimate of drug-likeness (QED) is 0.714. The molecule has 0 bridgehead atoms. The van der Waals surface area contributed by atoms with Crippen LogP contribution in [0.2, 0.25) is 0 Å². The van der Waals surface area contributed by atoms with Crippen LogP contribution in [0.4, 0.5) is 0 Å². The smallest absolute Gasteiger partial charge is 0.335 e. The third-order valence-corrected chi connectivity index (χ3v) is 5.87. The van der Waals surface area contributed by atoms with Crippen molar-refractivity contribution in [2.75, 3.05) is 6.54 Å². The first-order valence-corrected chi connectivity index (χ1v) is 9.51. The lowest BCUT2D eigenvalue weighted by Crippen LogP contribution is -2.60. The fourth-order valence-electron chi connectivity index (χ4n) is 4.41. The third-order valence-electron chi connectivity index (χ3n) is 5.87. The lowest BCUT2D eigenvalue weighted by molar-refractivity contribution is -0.146. The SMILES string of the molecule is O=C(O)c1ccc(Cn2c3c(c4ccccc42)CC2C(=O)NCC(=O)N2C3)cc1. The molecule has 2 aliphatic rings. The highest BCUT2D eigenvalue weighted by Crippen LogP contribution is 2.34. The zero-order valence-corrected chi connectivity index (χ0v) is 15.6. The van der Waals surface area contributed by atoms with E-state index in [0.717, 1.165) is 27.7 Å². The van der Waals surface area contributed by atoms with E-state index >= 15 is 0 Å². The summed E-state index contributed by atoms with van der Waals surface area (Å²) in [5, 5.41) is 12.9. The van der Waals surface area contributed by atoms with E-state index in [1.807, 2.05) is 30.3 Å². The van der Waals surface area contributed by atoms with Gasteiger partial charge in [-0.2, -0.15) is 0 Å². The average Bonchev–Trinajstić information content (AvgIpc) is 3.03. The van der Waals surface area contributed by atoms with Gasteiger partial charge in [0.05, 0.1) is 18.7 Å². The third kappa shape index (κ3) is 2.77. The molecule has 3 heterocycles. The largest absolute Gasteiger partial charge is 0.478 e. The lowest BCUT2D eigenvalue weighted by atomic mass is 9.94. The predicted molar refractivity (Wildman–Crippen MR) is 105 cm³/mol. The van der Waals surface area contributed by atoms with Crippen molar-refractivity contribution in [3.05, 3.63) is 70.9 Å². The minimum atomic E-state index is -0.951. The number of carbonyl (C=O) groups is 3. The van der Waals surface area contributed by atoms with Crippen LogP contribution >= 0.6 is 0 Å². The number of fused-ring (bicyclic) bond motifs is 4. The van der Waals surface area contributed by atoms with Gasteiger partial charge in [-0.05, 0) is 29.3 Å². The summed E-state index contributed by atoms with van der Waals surface area (Å²) in [7, 11) is 0. The number of nitrogens with zero attached hydrogens (tertiary/aromatic N) is 2. The number of rotatable bonds is 3. The Kier molecular flexibility index (Phi) is 3.91. The van der Waals surface area contributed by atoms with Crippen LogP contribution in [0.3, 0.4) is 0 Å². The minimum absolute atomic E-state index is 0.0432. The summed E-state index contributed by atoms with van der Waals surface area (Å²) in [6.45, 7) is 1.00. The highest BCUT2D eigenvalue weighted by atomic mass is 16.4. The molecular weight excluding hydrogens is 370 g/mol. The van der Waals surface area contributed by atoms with Crippen molar-refractivity contribution in [3.8, 4) is 0 Å². The number of carboxylic acid groups (broad SMARTS) is 1. The number of piperazine rings is 1. The second kappa shape index (κ2) is 6.48. The van der Waals surface area contributed by atoms with Gasteiger partial charge in [-0.15, -0.1) is 0 Å². The van der Waals surface area contributed by atoms with Gasteiger partial charge in [-0.1, -0.05) is 30.3 Å². The monoisotopic (exact) mass is 389 g/mol. The Bertz CT molecular complexity index is 1160. The van der Waals surface area contributed by atoms with Gasteiger partial charge in [0.15, 0.2) is 0 Å². The molecule has 0 spiro atoms. The van der Waals surface area contributed by atoms with Crippen molar-refractivity contribution < 1.29 is 19.5 Å². The molecule has 0 aliphatic carbocycles. The summed E-state index contributed by atoms with van der Waals surface area (Å²) in [6.07, 6.45) is 0.498. The Morgan fingerprint density at radius 1 is 1.10 bits per heavy atom. The van der Waals surface area contributed by atoms with Crippen LogP contribution in [0.15, 0.2) is 48.5 Å². The minimum Gasteiger partial charge on any atom is -0.478 e. The van der Waals surface area contributed by atoms with E-state index in [1.165, 1.54) is 0 Å². The second-order valence-corrected chi connectivity index (χ2v) is 7.49. The maximum atomic E-state index is 12.4. The number of para-hydroxylation sites is 1. The first-order chi connectivity index (χ1) is 14.0. The summed E-state index contributed by atoms with van der Waals surface area (Å²) in [5.41, 5.74) is 4.42. The fourth-order valence-corrected chi connectivity index (χ4v) is 4.41. The van der Waals surface area contributed by atoms with Crippen LogP contribution in [0.5, 0.6) is 0 Å². The van der Waals surface area contributed by atoms with Crippen LogP contribution in [0.25, 0.3) is 10.9 Å². The van der Waals surface area contributed by atoms with Crippen LogP contribution in [-0.2, 0) is 29.1 Å². The number of aromatic nitrogens is 1. The summed E-state index contributed by atoms with van der Waals surface area (Å²) in [4.78, 5) is 37.5. The molecular formula is C22H19N3O4. The number of carboxylic acids is 1. The van der Waals surface area contributed by atoms with E-state index in [-0.39, 0.29) is 23.9 Å². The van der Waals surface area contributed by atoms with E-state index in [2.05, 4.69) is 16.0 Å². The van der Waals surface area contributed by atoms with Crippen molar-refractivity contribution >= 4 is 28.7 Å². The molecule has 2 amide bonds. The summed E-state index contributed by atoms with van der Waals surface area (Å²) in [6, 6.07) is 14.4. The van der Waals surface area contributed by atoms with Gasteiger partial charge in [-0.3, -0.25) is 9.59 Å². The van der Waals surface area contributed by atoms with Crippen LogP contribution in [-0.4, -0.2) is 44.9 Å². The zero-order valence-electron chi connectivity index (χ0n) is 15.6. The Hall–Kier alpha value is -3.61. The Morgan fingerprint density at radius 3 is 2.62 bits per heavy atom. The molecule has 0 saturated carbocycles. The number of hydrogen-bond donors (Lipinski definition) is 2. The maximum absolute atomic E-state index is 12.4. The number of amides is 2. The Balaban J connectivity index is 1.60. The molecule has 1 atom stereocenters. The second-order valence-electron chi connectivity index (χ2n) is 7.49. The predicted octanol–water partition coefficient (Wildman–Crippen LogP) is 1.77. The molecule has 7 heteroatoms. The number of benzene rings is 2. The van der Waals surface area contributed by atoms with Gasteiger partial charge in [0.2, 0.25) is 11.8 Å². The average molecular weight is 389 g/mol. The molecule has 2 N–H and O–H groups in total. The molecule has 1 saturated heterocycles. The molecule has 7 nitrogen and oxygen atoms in total. The molecule has 3 aromatic rings. The molecule has 2 aromatic carbocycles. The van der Waals surface area contributed by atoms with E-state index in [4.69, 9.17) is 5.11 Å². The van der Waals surface area contributed by atoms with Gasteiger partial charge < -0.3 is 19.9 Å². The number of nitrogens with one attached hydrogen (secondary N) is 1. The van der Waals surface area contributed by atoms with E-state index < -0.39 is 12.0 Å². The first-order valence-electron chi connectivity index (χ1n) is 9.51. The van der Waals surface area contributed by atoms with Crippen LogP contribution in [0, 0.1) is 0 Å². The molecule has 2 aliphatic heterocycles. The Labute approximate surface area is 166 Å². The molecule has 5 rings (SSSR count). The number of aromatic carboxylic acids is 1. The van der Waals surface area contributed by atoms with Crippen molar-refractivity contribution in [2.24, 2.45) is 0 Å². The van der Waals surface area contributed by atoms with E-state index in [9.17, 15) is 14.4 Å². The zero-order chi connectivity index (χ0) is 20.1. The van der Waals surface area contributed by atoms with Crippen molar-refractivity contribution in [2.45, 2.75) is 25.6 Å². The maximum Gasteiger partial charge on any atom is 0.335 e. The van der Waals surface area contributed by atoms with Gasteiger partial charge in [0.25, 0.3) is 0 Å². The lowest BCUT2D eigenvalue weighted by Gasteiger charge is -2.38. The standard InChI is InChI=1S/C22H19N3O4/c26-20-10-23-21(27)18-9-16-15-3-1-2-4-17(15)24(19(16)12-25(18)20)11-13-5-7-14(8-6-13)22(28)29/h1-8,18H,9-12H2,(H,23,27)(H,28,29). The topological polar surface area (TPSA) is 91.6 Å². The number of carbonyl (C=O) groups excluding carboxylic acids is 2. The molecule has 0 radical (unpaired) electrons. The van der Waals surface area contributed by atoms with Gasteiger partial charge >= 0.3 is 5.97 Å². The van der Waals surface area contributed by atoms with Crippen LogP contribution < -0.4 is 5.32 Å². The van der Waals surface area contributed by atoms with Crippen molar-refractivity contribution in [1.82, 2.24) is 14.8 Å². The number of hydrogen-bond acceptors (Lipinski definition) is 3. The van der Waals surface area contributed by atoms with Gasteiger partial charge in [-0.25, -0.2) is 4.79 Å². The molecule has 1 unspecified atom stereocenters.